The van der Waals surface area contributed by atoms with Crippen molar-refractivity contribution in [3.05, 3.63) is 41.8 Å². The SMILES string of the molecule is C=CS(=O)(=O)CCN1Cc2ccccc2OC(C)(C)C1. The number of fused-ring (bicyclic) bond motifs is 1. The van der Waals surface area contributed by atoms with Crippen molar-refractivity contribution in [2.75, 3.05) is 18.8 Å². The summed E-state index contributed by atoms with van der Waals surface area (Å²) in [5.74, 6) is 0.973. The van der Waals surface area contributed by atoms with E-state index in [1.807, 2.05) is 38.1 Å². The predicted octanol–water partition coefficient (Wildman–Crippen LogP) is 2.22. The number of benzene rings is 1. The van der Waals surface area contributed by atoms with Crippen molar-refractivity contribution < 1.29 is 13.2 Å². The van der Waals surface area contributed by atoms with Gasteiger partial charge in [-0.2, -0.15) is 0 Å². The minimum Gasteiger partial charge on any atom is -0.486 e. The summed E-state index contributed by atoms with van der Waals surface area (Å²) in [7, 11) is -3.16. The van der Waals surface area contributed by atoms with Crippen LogP contribution in [0, 0.1) is 0 Å². The van der Waals surface area contributed by atoms with Crippen LogP contribution in [-0.2, 0) is 16.4 Å². The highest BCUT2D eigenvalue weighted by Crippen LogP contribution is 2.28. The van der Waals surface area contributed by atoms with E-state index in [4.69, 9.17) is 4.74 Å². The normalized spacial score (nSPS) is 18.7. The Morgan fingerprint density at radius 1 is 1.40 bits per heavy atom. The van der Waals surface area contributed by atoms with Crippen molar-refractivity contribution in [3.63, 3.8) is 0 Å². The van der Waals surface area contributed by atoms with Gasteiger partial charge in [-0.25, -0.2) is 8.42 Å². The minimum absolute atomic E-state index is 0.0920. The van der Waals surface area contributed by atoms with E-state index in [9.17, 15) is 8.42 Å². The lowest BCUT2D eigenvalue weighted by molar-refractivity contribution is 0.0735. The Labute approximate surface area is 121 Å². The highest BCUT2D eigenvalue weighted by atomic mass is 32.2. The lowest BCUT2D eigenvalue weighted by atomic mass is 10.1. The molecular formula is C15H21NO3S. The highest BCUT2D eigenvalue weighted by molar-refractivity contribution is 7.94. The molecule has 110 valence electrons. The molecule has 0 saturated carbocycles. The quantitative estimate of drug-likeness (QED) is 0.854. The largest absolute Gasteiger partial charge is 0.486 e. The summed E-state index contributed by atoms with van der Waals surface area (Å²) >= 11 is 0. The van der Waals surface area contributed by atoms with E-state index in [1.165, 1.54) is 0 Å². The maximum absolute atomic E-state index is 11.6. The summed E-state index contributed by atoms with van der Waals surface area (Å²) in [6.45, 7) is 9.26. The number of nitrogens with zero attached hydrogens (tertiary/aromatic N) is 1. The summed E-state index contributed by atoms with van der Waals surface area (Å²) in [6, 6.07) is 7.90. The molecule has 4 nitrogen and oxygen atoms in total. The van der Waals surface area contributed by atoms with Crippen LogP contribution in [0.5, 0.6) is 5.75 Å². The second-order valence-electron chi connectivity index (χ2n) is 5.71. The topological polar surface area (TPSA) is 46.6 Å². The van der Waals surface area contributed by atoms with Crippen LogP contribution in [0.4, 0.5) is 0 Å². The third-order valence-corrected chi connectivity index (χ3v) is 4.56. The predicted molar refractivity (Wildman–Crippen MR) is 80.4 cm³/mol. The Balaban J connectivity index is 2.17. The molecule has 0 radical (unpaired) electrons. The molecule has 0 bridgehead atoms. The van der Waals surface area contributed by atoms with Crippen LogP contribution in [-0.4, -0.2) is 37.8 Å². The van der Waals surface area contributed by atoms with E-state index in [0.29, 0.717) is 19.6 Å². The zero-order valence-corrected chi connectivity index (χ0v) is 12.8. The molecule has 1 heterocycles. The molecule has 0 saturated heterocycles. The minimum atomic E-state index is -3.16. The van der Waals surface area contributed by atoms with Gasteiger partial charge >= 0.3 is 0 Å². The Hall–Kier alpha value is -1.33. The fraction of sp³-hybridized carbons (Fsp3) is 0.467. The first-order valence-corrected chi connectivity index (χ1v) is 8.37. The summed E-state index contributed by atoms with van der Waals surface area (Å²) in [5, 5.41) is 1.03. The second kappa shape index (κ2) is 5.58. The maximum atomic E-state index is 11.6. The van der Waals surface area contributed by atoms with Crippen molar-refractivity contribution in [3.8, 4) is 5.75 Å². The average molecular weight is 295 g/mol. The Kier molecular flexibility index (Phi) is 4.20. The first-order valence-electron chi connectivity index (χ1n) is 6.66. The molecule has 1 aliphatic rings. The maximum Gasteiger partial charge on any atom is 0.172 e. The zero-order chi connectivity index (χ0) is 14.8. The van der Waals surface area contributed by atoms with Crippen LogP contribution in [0.1, 0.15) is 19.4 Å². The van der Waals surface area contributed by atoms with Crippen LogP contribution in [0.2, 0.25) is 0 Å². The molecule has 0 atom stereocenters. The summed E-state index contributed by atoms with van der Waals surface area (Å²) < 4.78 is 29.1. The molecule has 1 aromatic carbocycles. The van der Waals surface area contributed by atoms with Gasteiger partial charge in [-0.3, -0.25) is 4.90 Å². The van der Waals surface area contributed by atoms with Crippen LogP contribution >= 0.6 is 0 Å². The van der Waals surface area contributed by atoms with Gasteiger partial charge in [0, 0.05) is 30.6 Å². The lowest BCUT2D eigenvalue weighted by Crippen LogP contribution is -2.42. The molecule has 1 aliphatic heterocycles. The highest BCUT2D eigenvalue weighted by Gasteiger charge is 2.29. The zero-order valence-electron chi connectivity index (χ0n) is 12.0. The third-order valence-electron chi connectivity index (χ3n) is 3.30. The number of para-hydroxylation sites is 1. The third kappa shape index (κ3) is 3.84. The van der Waals surface area contributed by atoms with Crippen molar-refractivity contribution in [2.24, 2.45) is 0 Å². The molecular weight excluding hydrogens is 274 g/mol. The van der Waals surface area contributed by atoms with Crippen LogP contribution in [0.3, 0.4) is 0 Å². The molecule has 0 aliphatic carbocycles. The number of sulfone groups is 1. The Morgan fingerprint density at radius 3 is 2.80 bits per heavy atom. The van der Waals surface area contributed by atoms with Gasteiger partial charge in [0.2, 0.25) is 0 Å². The van der Waals surface area contributed by atoms with Crippen LogP contribution in [0.15, 0.2) is 36.3 Å². The Morgan fingerprint density at radius 2 is 2.10 bits per heavy atom. The Bertz CT molecular complexity index is 593. The number of hydrogen-bond donors (Lipinski definition) is 0. The van der Waals surface area contributed by atoms with Crippen LogP contribution in [0.25, 0.3) is 0 Å². The lowest BCUT2D eigenvalue weighted by Gasteiger charge is -2.29. The number of ether oxygens (including phenoxy) is 1. The van der Waals surface area contributed by atoms with Gasteiger partial charge in [0.25, 0.3) is 0 Å². The van der Waals surface area contributed by atoms with E-state index in [0.717, 1.165) is 16.7 Å². The molecule has 0 unspecified atom stereocenters. The van der Waals surface area contributed by atoms with E-state index in [-0.39, 0.29) is 11.4 Å². The van der Waals surface area contributed by atoms with Gasteiger partial charge < -0.3 is 4.74 Å². The molecule has 5 heteroatoms. The number of rotatable bonds is 4. The van der Waals surface area contributed by atoms with E-state index in [2.05, 4.69) is 11.5 Å². The number of hydrogen-bond acceptors (Lipinski definition) is 4. The fourth-order valence-electron chi connectivity index (χ4n) is 2.40. The summed E-state index contributed by atoms with van der Waals surface area (Å²) in [4.78, 5) is 2.12. The van der Waals surface area contributed by atoms with E-state index in [1.54, 1.807) is 0 Å². The molecule has 0 amide bonds. The van der Waals surface area contributed by atoms with E-state index < -0.39 is 9.84 Å². The van der Waals surface area contributed by atoms with Crippen molar-refractivity contribution in [1.82, 2.24) is 4.90 Å². The molecule has 0 aromatic heterocycles. The standard InChI is InChI=1S/C15H21NO3S/c1-4-20(17,18)10-9-16-11-13-7-5-6-8-14(13)19-15(2,3)12-16/h4-8H,1,9-12H2,2-3H3. The van der Waals surface area contributed by atoms with Gasteiger partial charge in [0.1, 0.15) is 11.4 Å². The molecule has 20 heavy (non-hydrogen) atoms. The van der Waals surface area contributed by atoms with Crippen molar-refractivity contribution >= 4 is 9.84 Å². The van der Waals surface area contributed by atoms with Crippen molar-refractivity contribution in [2.45, 2.75) is 26.0 Å². The second-order valence-corrected chi connectivity index (χ2v) is 7.78. The first kappa shape index (κ1) is 15.1. The van der Waals surface area contributed by atoms with Gasteiger partial charge in [-0.15, -0.1) is 0 Å². The van der Waals surface area contributed by atoms with Gasteiger partial charge in [0.15, 0.2) is 9.84 Å². The molecule has 2 rings (SSSR count). The molecule has 1 aromatic rings. The fourth-order valence-corrected chi connectivity index (χ4v) is 3.08. The molecule has 0 spiro atoms. The summed E-state index contributed by atoms with van der Waals surface area (Å²) in [6.07, 6.45) is 0. The molecule has 0 fully saturated rings. The summed E-state index contributed by atoms with van der Waals surface area (Å²) in [5.41, 5.74) is 0.749. The molecule has 0 N–H and O–H groups in total. The van der Waals surface area contributed by atoms with Gasteiger partial charge in [-0.1, -0.05) is 24.8 Å². The van der Waals surface area contributed by atoms with E-state index >= 15 is 0 Å². The van der Waals surface area contributed by atoms with Crippen LogP contribution < -0.4 is 4.74 Å². The monoisotopic (exact) mass is 295 g/mol. The average Bonchev–Trinajstić information content (AvgIpc) is 2.50. The van der Waals surface area contributed by atoms with Gasteiger partial charge in [0.05, 0.1) is 5.75 Å². The smallest absolute Gasteiger partial charge is 0.172 e. The van der Waals surface area contributed by atoms with Crippen molar-refractivity contribution in [1.29, 1.82) is 0 Å². The van der Waals surface area contributed by atoms with Gasteiger partial charge in [-0.05, 0) is 19.9 Å². The first-order chi connectivity index (χ1) is 9.31.